The highest BCUT2D eigenvalue weighted by Gasteiger charge is 2.35. The topological polar surface area (TPSA) is 105 Å². The molecule has 2 amide bonds. The number of nitro groups is 1. The number of hydrogen-bond acceptors (Lipinski definition) is 6. The van der Waals surface area contributed by atoms with E-state index in [2.05, 4.69) is 12.2 Å². The van der Waals surface area contributed by atoms with Crippen molar-refractivity contribution in [2.45, 2.75) is 71.1 Å². The van der Waals surface area contributed by atoms with Gasteiger partial charge in [0.05, 0.1) is 10.6 Å². The molecule has 1 unspecified atom stereocenters. The van der Waals surface area contributed by atoms with Crippen molar-refractivity contribution in [1.82, 2.24) is 5.32 Å². The quantitative estimate of drug-likeness (QED) is 0.284. The van der Waals surface area contributed by atoms with Crippen molar-refractivity contribution in [2.75, 3.05) is 22.9 Å². The van der Waals surface area contributed by atoms with Crippen LogP contribution in [-0.4, -0.2) is 42.1 Å². The SMILES string of the molecule is CCCCCC(C)NC(=O)c1ccc(N2CCC(N3C(=O)OCc4ccccc43)CC2)c([N+](=O)[O-])c1. The third-order valence-corrected chi connectivity index (χ3v) is 7.02. The monoisotopic (exact) mass is 494 g/mol. The summed E-state index contributed by atoms with van der Waals surface area (Å²) in [6, 6.07) is 12.4. The molecule has 9 heteroatoms. The highest BCUT2D eigenvalue weighted by molar-refractivity contribution is 5.96. The van der Waals surface area contributed by atoms with Crippen molar-refractivity contribution in [2.24, 2.45) is 0 Å². The molecule has 0 aromatic heterocycles. The van der Waals surface area contributed by atoms with E-state index in [1.54, 1.807) is 17.0 Å². The number of ether oxygens (including phenoxy) is 1. The number of nitrogens with one attached hydrogen (secondary N) is 1. The van der Waals surface area contributed by atoms with Gasteiger partial charge in [0, 0.05) is 42.4 Å². The highest BCUT2D eigenvalue weighted by atomic mass is 16.6. The van der Waals surface area contributed by atoms with E-state index >= 15 is 0 Å². The van der Waals surface area contributed by atoms with Gasteiger partial charge in [-0.05, 0) is 44.4 Å². The maximum atomic E-state index is 12.7. The average Bonchev–Trinajstić information content (AvgIpc) is 2.88. The first kappa shape index (κ1) is 25.5. The molecule has 1 atom stereocenters. The van der Waals surface area contributed by atoms with Crippen LogP contribution in [0.4, 0.5) is 21.9 Å². The fraction of sp³-hybridized carbons (Fsp3) is 0.481. The minimum atomic E-state index is -0.429. The minimum Gasteiger partial charge on any atom is -0.444 e. The predicted molar refractivity (Wildman–Crippen MR) is 139 cm³/mol. The molecule has 0 bridgehead atoms. The number of nitro benzene ring substituents is 1. The molecule has 9 nitrogen and oxygen atoms in total. The summed E-state index contributed by atoms with van der Waals surface area (Å²) in [6.07, 6.45) is 5.09. The molecule has 36 heavy (non-hydrogen) atoms. The molecule has 2 aliphatic rings. The number of cyclic esters (lactones) is 1. The molecular formula is C27H34N4O5. The molecule has 2 aliphatic heterocycles. The Kier molecular flexibility index (Phi) is 8.07. The number of para-hydroxylation sites is 1. The van der Waals surface area contributed by atoms with Crippen molar-refractivity contribution in [3.05, 3.63) is 63.7 Å². The van der Waals surface area contributed by atoms with Gasteiger partial charge < -0.3 is 15.0 Å². The number of anilines is 2. The van der Waals surface area contributed by atoms with E-state index in [0.29, 0.717) is 31.6 Å². The van der Waals surface area contributed by atoms with Crippen LogP contribution in [0.1, 0.15) is 68.3 Å². The van der Waals surface area contributed by atoms with Gasteiger partial charge in [0.15, 0.2) is 0 Å². The normalized spacial score (nSPS) is 16.8. The lowest BCUT2D eigenvalue weighted by Gasteiger charge is -2.40. The Morgan fingerprint density at radius 3 is 2.64 bits per heavy atom. The van der Waals surface area contributed by atoms with Gasteiger partial charge in [-0.1, -0.05) is 44.4 Å². The van der Waals surface area contributed by atoms with Crippen LogP contribution in [0.5, 0.6) is 0 Å². The Balaban J connectivity index is 1.44. The molecule has 0 spiro atoms. The van der Waals surface area contributed by atoms with E-state index in [4.69, 9.17) is 4.74 Å². The number of amides is 2. The maximum absolute atomic E-state index is 12.7. The molecule has 1 saturated heterocycles. The average molecular weight is 495 g/mol. The number of nitrogens with zero attached hydrogens (tertiary/aromatic N) is 3. The van der Waals surface area contributed by atoms with Crippen molar-refractivity contribution in [3.63, 3.8) is 0 Å². The van der Waals surface area contributed by atoms with Gasteiger partial charge in [-0.15, -0.1) is 0 Å². The Hall–Kier alpha value is -3.62. The van der Waals surface area contributed by atoms with Crippen LogP contribution in [0.3, 0.4) is 0 Å². The largest absolute Gasteiger partial charge is 0.444 e. The first-order valence-electron chi connectivity index (χ1n) is 12.8. The molecule has 4 rings (SSSR count). The molecule has 2 heterocycles. The Morgan fingerprint density at radius 2 is 1.92 bits per heavy atom. The van der Waals surface area contributed by atoms with Crippen molar-refractivity contribution in [3.8, 4) is 0 Å². The molecule has 2 aromatic carbocycles. The third kappa shape index (κ3) is 5.61. The number of rotatable bonds is 9. The first-order valence-corrected chi connectivity index (χ1v) is 12.8. The second-order valence-electron chi connectivity index (χ2n) is 9.60. The van der Waals surface area contributed by atoms with Crippen LogP contribution in [-0.2, 0) is 11.3 Å². The lowest BCUT2D eigenvalue weighted by Crippen LogP contribution is -2.49. The van der Waals surface area contributed by atoms with E-state index in [0.717, 1.165) is 36.9 Å². The molecular weight excluding hydrogens is 460 g/mol. The predicted octanol–water partition coefficient (Wildman–Crippen LogP) is 5.42. The van der Waals surface area contributed by atoms with E-state index in [9.17, 15) is 19.7 Å². The number of hydrogen-bond donors (Lipinski definition) is 1. The van der Waals surface area contributed by atoms with Crippen molar-refractivity contribution >= 4 is 29.1 Å². The smallest absolute Gasteiger partial charge is 0.414 e. The summed E-state index contributed by atoms with van der Waals surface area (Å²) in [6.45, 7) is 5.47. The van der Waals surface area contributed by atoms with Gasteiger partial charge >= 0.3 is 6.09 Å². The summed E-state index contributed by atoms with van der Waals surface area (Å²) >= 11 is 0. The summed E-state index contributed by atoms with van der Waals surface area (Å²) in [5.74, 6) is -0.297. The Labute approximate surface area is 211 Å². The molecule has 1 fully saturated rings. The van der Waals surface area contributed by atoms with E-state index < -0.39 is 4.92 Å². The molecule has 0 aliphatic carbocycles. The van der Waals surface area contributed by atoms with Gasteiger partial charge in [0.1, 0.15) is 12.3 Å². The third-order valence-electron chi connectivity index (χ3n) is 7.02. The van der Waals surface area contributed by atoms with Gasteiger partial charge in [0.2, 0.25) is 0 Å². The molecule has 1 N–H and O–H groups in total. The van der Waals surface area contributed by atoms with Gasteiger partial charge in [0.25, 0.3) is 11.6 Å². The lowest BCUT2D eigenvalue weighted by molar-refractivity contribution is -0.384. The fourth-order valence-corrected chi connectivity index (χ4v) is 5.04. The maximum Gasteiger partial charge on any atom is 0.414 e. The van der Waals surface area contributed by atoms with Crippen LogP contribution < -0.4 is 15.1 Å². The summed E-state index contributed by atoms with van der Waals surface area (Å²) in [5.41, 5.74) is 2.55. The number of carbonyl (C=O) groups is 2. The van der Waals surface area contributed by atoms with Crippen LogP contribution in [0.25, 0.3) is 0 Å². The number of fused-ring (bicyclic) bond motifs is 1. The van der Waals surface area contributed by atoms with Crippen LogP contribution in [0.2, 0.25) is 0 Å². The van der Waals surface area contributed by atoms with E-state index in [1.807, 2.05) is 36.1 Å². The summed E-state index contributed by atoms with van der Waals surface area (Å²) in [7, 11) is 0. The van der Waals surface area contributed by atoms with Crippen molar-refractivity contribution < 1.29 is 19.2 Å². The minimum absolute atomic E-state index is 0.00779. The number of carbonyl (C=O) groups excluding carboxylic acids is 2. The zero-order chi connectivity index (χ0) is 25.7. The zero-order valence-electron chi connectivity index (χ0n) is 20.9. The van der Waals surface area contributed by atoms with E-state index in [-0.39, 0.29) is 41.9 Å². The van der Waals surface area contributed by atoms with Crippen molar-refractivity contribution in [1.29, 1.82) is 0 Å². The van der Waals surface area contributed by atoms with E-state index in [1.165, 1.54) is 6.07 Å². The second kappa shape index (κ2) is 11.4. The molecule has 0 radical (unpaired) electrons. The summed E-state index contributed by atoms with van der Waals surface area (Å²) in [4.78, 5) is 40.4. The Bertz CT molecular complexity index is 1110. The first-order chi connectivity index (χ1) is 17.4. The number of unbranched alkanes of at least 4 members (excludes halogenated alkanes) is 2. The van der Waals surface area contributed by atoms with Crippen LogP contribution >= 0.6 is 0 Å². The van der Waals surface area contributed by atoms with Gasteiger partial charge in [-0.25, -0.2) is 4.79 Å². The molecule has 192 valence electrons. The zero-order valence-corrected chi connectivity index (χ0v) is 20.9. The summed E-state index contributed by atoms with van der Waals surface area (Å²) in [5, 5.41) is 14.9. The standard InChI is InChI=1S/C27H34N4O5/c1-3-4-5-8-19(2)28-26(32)20-11-12-24(25(17-20)31(34)35)29-15-13-22(14-16-29)30-23-10-7-6-9-21(23)18-36-27(30)33/h6-7,9-12,17,19,22H,3-5,8,13-16,18H2,1-2H3,(H,28,32). The number of piperidine rings is 1. The van der Waals surface area contributed by atoms with Gasteiger partial charge in [-0.3, -0.25) is 19.8 Å². The molecule has 0 saturated carbocycles. The van der Waals surface area contributed by atoms with Crippen LogP contribution in [0, 0.1) is 10.1 Å². The summed E-state index contributed by atoms with van der Waals surface area (Å²) < 4.78 is 5.37. The Morgan fingerprint density at radius 1 is 1.17 bits per heavy atom. The fourth-order valence-electron chi connectivity index (χ4n) is 5.04. The second-order valence-corrected chi connectivity index (χ2v) is 9.60. The highest BCUT2D eigenvalue weighted by Crippen LogP contribution is 2.35. The van der Waals surface area contributed by atoms with Crippen LogP contribution in [0.15, 0.2) is 42.5 Å². The molecule has 2 aromatic rings. The van der Waals surface area contributed by atoms with Gasteiger partial charge in [-0.2, -0.15) is 0 Å². The number of benzene rings is 2. The lowest BCUT2D eigenvalue weighted by atomic mass is 9.99.